The number of ether oxygens (including phenoxy) is 2. The Labute approximate surface area is 100 Å². The number of carbonyl (C=O) groups excluding carboxylic acids is 1. The van der Waals surface area contributed by atoms with Gasteiger partial charge in [0.15, 0.2) is 6.61 Å². The molecule has 0 aliphatic rings. The highest BCUT2D eigenvalue weighted by atomic mass is 35.5. The van der Waals surface area contributed by atoms with E-state index >= 15 is 0 Å². The highest BCUT2D eigenvalue weighted by Gasteiger charge is 2.06. The molecule has 0 amide bonds. The molecule has 0 radical (unpaired) electrons. The second kappa shape index (κ2) is 5.75. The fraction of sp³-hybridized carbons (Fsp3) is 0.417. The first-order valence-electron chi connectivity index (χ1n) is 5.09. The van der Waals surface area contributed by atoms with E-state index in [-0.39, 0.29) is 12.6 Å². The summed E-state index contributed by atoms with van der Waals surface area (Å²) in [5, 5.41) is 0.725. The van der Waals surface area contributed by atoms with E-state index in [4.69, 9.17) is 21.1 Å². The molecule has 88 valence electrons. The van der Waals surface area contributed by atoms with Crippen LogP contribution >= 0.6 is 11.6 Å². The maximum atomic E-state index is 11.1. The van der Waals surface area contributed by atoms with Gasteiger partial charge in [-0.1, -0.05) is 11.6 Å². The van der Waals surface area contributed by atoms with Gasteiger partial charge in [-0.2, -0.15) is 0 Å². The molecule has 0 aliphatic heterocycles. The summed E-state index contributed by atoms with van der Waals surface area (Å²) >= 11 is 6.01. The predicted octanol–water partition coefficient (Wildman–Crippen LogP) is 2.90. The summed E-state index contributed by atoms with van der Waals surface area (Å²) in [4.78, 5) is 11.1. The zero-order valence-corrected chi connectivity index (χ0v) is 10.4. The Hall–Kier alpha value is -1.22. The van der Waals surface area contributed by atoms with Crippen LogP contribution in [-0.4, -0.2) is 19.2 Å². The van der Waals surface area contributed by atoms with E-state index in [9.17, 15) is 4.79 Å². The summed E-state index contributed by atoms with van der Waals surface area (Å²) in [5.41, 5.74) is 1.86. The van der Waals surface area contributed by atoms with Crippen LogP contribution in [0.3, 0.4) is 0 Å². The summed E-state index contributed by atoms with van der Waals surface area (Å²) in [5.74, 6) is 0.264. The van der Waals surface area contributed by atoms with Crippen molar-refractivity contribution in [3.05, 3.63) is 28.3 Å². The maximum absolute atomic E-state index is 11.1. The first kappa shape index (κ1) is 12.8. The maximum Gasteiger partial charge on any atom is 0.344 e. The van der Waals surface area contributed by atoms with Crippen LogP contribution in [0.25, 0.3) is 0 Å². The molecule has 0 heterocycles. The standard InChI is InChI=1S/C12H15ClO3/c1-4-15-11(14)7-16-10-5-8(2)12(13)9(3)6-10/h5-6H,4,7H2,1-3H3. The quantitative estimate of drug-likeness (QED) is 0.762. The van der Waals surface area contributed by atoms with Crippen molar-refractivity contribution in [2.24, 2.45) is 0 Å². The van der Waals surface area contributed by atoms with Gasteiger partial charge in [-0.05, 0) is 44.0 Å². The molecule has 0 saturated carbocycles. The molecule has 0 spiro atoms. The molecule has 0 bridgehead atoms. The summed E-state index contributed by atoms with van der Waals surface area (Å²) in [7, 11) is 0. The van der Waals surface area contributed by atoms with E-state index in [1.165, 1.54) is 0 Å². The van der Waals surface area contributed by atoms with Crippen molar-refractivity contribution in [3.8, 4) is 5.75 Å². The van der Waals surface area contributed by atoms with Crippen molar-refractivity contribution in [2.45, 2.75) is 20.8 Å². The lowest BCUT2D eigenvalue weighted by atomic mass is 10.1. The average molecular weight is 243 g/mol. The lowest BCUT2D eigenvalue weighted by Crippen LogP contribution is -2.14. The van der Waals surface area contributed by atoms with Crippen molar-refractivity contribution < 1.29 is 14.3 Å². The van der Waals surface area contributed by atoms with Gasteiger partial charge in [-0.15, -0.1) is 0 Å². The minimum absolute atomic E-state index is 0.0750. The van der Waals surface area contributed by atoms with Crippen molar-refractivity contribution in [3.63, 3.8) is 0 Å². The topological polar surface area (TPSA) is 35.5 Å². The molecular weight excluding hydrogens is 228 g/mol. The summed E-state index contributed by atoms with van der Waals surface area (Å²) < 4.78 is 10.1. The highest BCUT2D eigenvalue weighted by Crippen LogP contribution is 2.25. The molecule has 4 heteroatoms. The minimum atomic E-state index is -0.368. The Morgan fingerprint density at radius 2 is 1.88 bits per heavy atom. The number of aryl methyl sites for hydroxylation is 2. The minimum Gasteiger partial charge on any atom is -0.482 e. The molecule has 0 fully saturated rings. The molecule has 0 aromatic heterocycles. The molecular formula is C12H15ClO3. The number of halogens is 1. The van der Waals surface area contributed by atoms with Crippen LogP contribution in [0.4, 0.5) is 0 Å². The Morgan fingerprint density at radius 1 is 1.31 bits per heavy atom. The van der Waals surface area contributed by atoms with Crippen LogP contribution in [0, 0.1) is 13.8 Å². The number of esters is 1. The molecule has 1 aromatic rings. The monoisotopic (exact) mass is 242 g/mol. The van der Waals surface area contributed by atoms with Gasteiger partial charge in [-0.25, -0.2) is 4.79 Å². The Kier molecular flexibility index (Phi) is 4.62. The van der Waals surface area contributed by atoms with Gasteiger partial charge >= 0.3 is 5.97 Å². The second-order valence-electron chi connectivity index (χ2n) is 3.46. The summed E-state index contributed by atoms with van der Waals surface area (Å²) in [6, 6.07) is 3.60. The molecule has 0 unspecified atom stereocenters. The number of benzene rings is 1. The normalized spacial score (nSPS) is 10.0. The lowest BCUT2D eigenvalue weighted by molar-refractivity contribution is -0.145. The van der Waals surface area contributed by atoms with E-state index in [2.05, 4.69) is 0 Å². The van der Waals surface area contributed by atoms with Crippen molar-refractivity contribution in [2.75, 3.05) is 13.2 Å². The zero-order chi connectivity index (χ0) is 12.1. The van der Waals surface area contributed by atoms with E-state index in [0.717, 1.165) is 16.1 Å². The highest BCUT2D eigenvalue weighted by molar-refractivity contribution is 6.32. The SMILES string of the molecule is CCOC(=O)COc1cc(C)c(Cl)c(C)c1. The number of hydrogen-bond donors (Lipinski definition) is 0. The second-order valence-corrected chi connectivity index (χ2v) is 3.84. The van der Waals surface area contributed by atoms with E-state index in [0.29, 0.717) is 12.4 Å². The van der Waals surface area contributed by atoms with Crippen LogP contribution in [0.5, 0.6) is 5.75 Å². The van der Waals surface area contributed by atoms with Gasteiger partial charge in [-0.3, -0.25) is 0 Å². The van der Waals surface area contributed by atoms with Gasteiger partial charge in [0.05, 0.1) is 6.61 Å². The van der Waals surface area contributed by atoms with Crippen LogP contribution in [0.2, 0.25) is 5.02 Å². The first-order chi connectivity index (χ1) is 7.54. The van der Waals surface area contributed by atoms with Crippen molar-refractivity contribution >= 4 is 17.6 Å². The molecule has 0 aliphatic carbocycles. The van der Waals surface area contributed by atoms with Gasteiger partial charge in [0.1, 0.15) is 5.75 Å². The number of hydrogen-bond acceptors (Lipinski definition) is 3. The molecule has 1 aromatic carbocycles. The fourth-order valence-corrected chi connectivity index (χ4v) is 1.44. The zero-order valence-electron chi connectivity index (χ0n) is 9.67. The predicted molar refractivity (Wildman–Crippen MR) is 63.1 cm³/mol. The van der Waals surface area contributed by atoms with Gasteiger partial charge in [0, 0.05) is 5.02 Å². The Balaban J connectivity index is 2.65. The smallest absolute Gasteiger partial charge is 0.344 e. The van der Waals surface area contributed by atoms with Gasteiger partial charge in [0.25, 0.3) is 0 Å². The van der Waals surface area contributed by atoms with Crippen LogP contribution in [-0.2, 0) is 9.53 Å². The van der Waals surface area contributed by atoms with Gasteiger partial charge < -0.3 is 9.47 Å². The molecule has 0 saturated heterocycles. The van der Waals surface area contributed by atoms with Crippen LogP contribution in [0.15, 0.2) is 12.1 Å². The first-order valence-corrected chi connectivity index (χ1v) is 5.47. The third-order valence-corrected chi connectivity index (χ3v) is 2.67. The van der Waals surface area contributed by atoms with Crippen molar-refractivity contribution in [1.29, 1.82) is 0 Å². The molecule has 1 rings (SSSR count). The van der Waals surface area contributed by atoms with Crippen LogP contribution < -0.4 is 4.74 Å². The molecule has 16 heavy (non-hydrogen) atoms. The van der Waals surface area contributed by atoms with Crippen molar-refractivity contribution in [1.82, 2.24) is 0 Å². The molecule has 0 N–H and O–H groups in total. The van der Waals surface area contributed by atoms with Gasteiger partial charge in [0.2, 0.25) is 0 Å². The summed E-state index contributed by atoms with van der Waals surface area (Å²) in [6.07, 6.45) is 0. The third-order valence-electron chi connectivity index (χ3n) is 2.07. The number of rotatable bonds is 4. The van der Waals surface area contributed by atoms with E-state index < -0.39 is 0 Å². The Bertz CT molecular complexity index is 365. The molecule has 3 nitrogen and oxygen atoms in total. The average Bonchev–Trinajstić information content (AvgIpc) is 2.23. The van der Waals surface area contributed by atoms with E-state index in [1.54, 1.807) is 19.1 Å². The van der Waals surface area contributed by atoms with Crippen LogP contribution in [0.1, 0.15) is 18.1 Å². The number of carbonyl (C=O) groups is 1. The lowest BCUT2D eigenvalue weighted by Gasteiger charge is -2.09. The fourth-order valence-electron chi connectivity index (χ4n) is 1.33. The third kappa shape index (κ3) is 3.42. The van der Waals surface area contributed by atoms with E-state index in [1.807, 2.05) is 13.8 Å². The Morgan fingerprint density at radius 3 is 2.38 bits per heavy atom. The largest absolute Gasteiger partial charge is 0.482 e. The summed E-state index contributed by atoms with van der Waals surface area (Å²) in [6.45, 7) is 5.84. The molecule has 0 atom stereocenters.